The number of anilines is 1. The van der Waals surface area contributed by atoms with Gasteiger partial charge in [0.1, 0.15) is 11.5 Å². The summed E-state index contributed by atoms with van der Waals surface area (Å²) in [6.07, 6.45) is 1.59. The monoisotopic (exact) mass is 349 g/mol. The van der Waals surface area contributed by atoms with Gasteiger partial charge in [-0.15, -0.1) is 0 Å². The molecule has 108 valence electrons. The van der Waals surface area contributed by atoms with Crippen molar-refractivity contribution in [3.05, 3.63) is 51.4 Å². The number of amides is 1. The van der Waals surface area contributed by atoms with Gasteiger partial charge in [0.15, 0.2) is 0 Å². The van der Waals surface area contributed by atoms with Crippen LogP contribution in [-0.2, 0) is 0 Å². The first kappa shape index (κ1) is 15.1. The zero-order valence-corrected chi connectivity index (χ0v) is 12.9. The number of nitrogens with one attached hydrogen (secondary N) is 1. The molecular formula is C14H12BrN3O3. The number of hydrogen-bond donors (Lipinski definition) is 2. The first-order valence-electron chi connectivity index (χ1n) is 6.03. The van der Waals surface area contributed by atoms with E-state index in [0.717, 1.165) is 10.0 Å². The number of rotatable bonds is 3. The van der Waals surface area contributed by atoms with Crippen molar-refractivity contribution in [2.45, 2.75) is 13.8 Å². The summed E-state index contributed by atoms with van der Waals surface area (Å²) in [5.41, 5.74) is 1.43. The minimum Gasteiger partial charge on any atom is -0.478 e. The lowest BCUT2D eigenvalue weighted by Gasteiger charge is -2.07. The van der Waals surface area contributed by atoms with E-state index < -0.39 is 11.9 Å². The maximum Gasteiger partial charge on any atom is 0.337 e. The predicted octanol–water partition coefficient (Wildman–Crippen LogP) is 2.81. The van der Waals surface area contributed by atoms with Gasteiger partial charge in [-0.3, -0.25) is 4.79 Å². The number of hydrogen-bond acceptors (Lipinski definition) is 4. The Kier molecular flexibility index (Phi) is 4.32. The van der Waals surface area contributed by atoms with Crippen molar-refractivity contribution in [2.24, 2.45) is 0 Å². The second-order valence-corrected chi connectivity index (χ2v) is 5.26. The highest BCUT2D eigenvalue weighted by Gasteiger charge is 2.13. The number of aromatic nitrogens is 2. The van der Waals surface area contributed by atoms with Crippen LogP contribution in [0.2, 0.25) is 0 Å². The number of pyridine rings is 2. The van der Waals surface area contributed by atoms with Crippen LogP contribution in [0.1, 0.15) is 32.1 Å². The molecule has 21 heavy (non-hydrogen) atoms. The molecule has 0 aliphatic rings. The zero-order valence-electron chi connectivity index (χ0n) is 11.3. The summed E-state index contributed by atoms with van der Waals surface area (Å²) in [6, 6.07) is 4.46. The van der Waals surface area contributed by atoms with Gasteiger partial charge in [-0.1, -0.05) is 0 Å². The minimum atomic E-state index is -1.07. The van der Waals surface area contributed by atoms with Crippen molar-refractivity contribution in [2.75, 3.05) is 5.32 Å². The molecular weight excluding hydrogens is 338 g/mol. The Labute approximate surface area is 129 Å². The molecule has 2 aromatic rings. The number of carboxylic acid groups (broad SMARTS) is 1. The normalized spacial score (nSPS) is 10.2. The lowest BCUT2D eigenvalue weighted by Crippen LogP contribution is -2.16. The van der Waals surface area contributed by atoms with Crippen molar-refractivity contribution < 1.29 is 14.7 Å². The molecule has 0 saturated carbocycles. The highest BCUT2D eigenvalue weighted by atomic mass is 79.9. The van der Waals surface area contributed by atoms with Crippen LogP contribution in [-0.4, -0.2) is 27.0 Å². The average molecular weight is 350 g/mol. The number of aryl methyl sites for hydroxylation is 2. The van der Waals surface area contributed by atoms with E-state index in [1.807, 2.05) is 6.92 Å². The quantitative estimate of drug-likeness (QED) is 0.888. The number of nitrogens with zero attached hydrogens (tertiary/aromatic N) is 2. The Morgan fingerprint density at radius 2 is 2.00 bits per heavy atom. The second-order valence-electron chi connectivity index (χ2n) is 4.41. The summed E-state index contributed by atoms with van der Waals surface area (Å²) in [5, 5.41) is 11.6. The maximum absolute atomic E-state index is 12.1. The lowest BCUT2D eigenvalue weighted by atomic mass is 10.2. The predicted molar refractivity (Wildman–Crippen MR) is 80.6 cm³/mol. The van der Waals surface area contributed by atoms with E-state index in [0.29, 0.717) is 5.82 Å². The molecule has 0 spiro atoms. The molecule has 0 aromatic carbocycles. The van der Waals surface area contributed by atoms with Crippen LogP contribution in [0.4, 0.5) is 5.82 Å². The van der Waals surface area contributed by atoms with Crippen LogP contribution >= 0.6 is 15.9 Å². The summed E-state index contributed by atoms with van der Waals surface area (Å²) in [7, 11) is 0. The van der Waals surface area contributed by atoms with Gasteiger partial charge >= 0.3 is 5.97 Å². The van der Waals surface area contributed by atoms with Gasteiger partial charge in [0, 0.05) is 10.7 Å². The topological polar surface area (TPSA) is 92.2 Å². The number of halogens is 1. The summed E-state index contributed by atoms with van der Waals surface area (Å²) in [5.74, 6) is -1.11. The summed E-state index contributed by atoms with van der Waals surface area (Å²) in [4.78, 5) is 31.1. The van der Waals surface area contributed by atoms with Crippen LogP contribution in [0.3, 0.4) is 0 Å². The van der Waals surface area contributed by atoms with E-state index in [4.69, 9.17) is 5.11 Å². The highest BCUT2D eigenvalue weighted by molar-refractivity contribution is 9.10. The fourth-order valence-electron chi connectivity index (χ4n) is 1.70. The molecule has 1 amide bonds. The molecule has 2 heterocycles. The molecule has 0 aliphatic carbocycles. The summed E-state index contributed by atoms with van der Waals surface area (Å²) < 4.78 is 0.847. The molecule has 0 bridgehead atoms. The maximum atomic E-state index is 12.1. The lowest BCUT2D eigenvalue weighted by molar-refractivity contribution is 0.0695. The van der Waals surface area contributed by atoms with Crippen LogP contribution in [0.5, 0.6) is 0 Å². The third-order valence-electron chi connectivity index (χ3n) is 2.84. The standard InChI is InChI=1S/C14H12BrN3O3/c1-7-5-12(16-6-10(7)15)18-13(19)11-4-3-9(14(20)21)8(2)17-11/h3-6H,1-2H3,(H,20,21)(H,16,18,19). The number of aromatic carboxylic acids is 1. The molecule has 0 saturated heterocycles. The minimum absolute atomic E-state index is 0.0733. The van der Waals surface area contributed by atoms with Gasteiger partial charge in [-0.05, 0) is 53.5 Å². The first-order valence-corrected chi connectivity index (χ1v) is 6.82. The number of carboxylic acids is 1. The average Bonchev–Trinajstić information content (AvgIpc) is 2.42. The number of carbonyl (C=O) groups is 2. The molecule has 6 nitrogen and oxygen atoms in total. The van der Waals surface area contributed by atoms with E-state index in [9.17, 15) is 9.59 Å². The van der Waals surface area contributed by atoms with Crippen LogP contribution in [0.15, 0.2) is 28.9 Å². The van der Waals surface area contributed by atoms with E-state index in [1.165, 1.54) is 12.1 Å². The largest absolute Gasteiger partial charge is 0.478 e. The van der Waals surface area contributed by atoms with Crippen LogP contribution in [0, 0.1) is 13.8 Å². The SMILES string of the molecule is Cc1cc(NC(=O)c2ccc(C(=O)O)c(C)n2)ncc1Br. The Balaban J connectivity index is 2.22. The summed E-state index contributed by atoms with van der Waals surface area (Å²) in [6.45, 7) is 3.42. The fraction of sp³-hybridized carbons (Fsp3) is 0.143. The van der Waals surface area contributed by atoms with E-state index in [-0.39, 0.29) is 17.0 Å². The highest BCUT2D eigenvalue weighted by Crippen LogP contribution is 2.17. The Hall–Kier alpha value is -2.28. The van der Waals surface area contributed by atoms with Crippen molar-refractivity contribution in [1.29, 1.82) is 0 Å². The van der Waals surface area contributed by atoms with Gasteiger partial charge in [0.2, 0.25) is 0 Å². The zero-order chi connectivity index (χ0) is 15.6. The van der Waals surface area contributed by atoms with Gasteiger partial charge in [-0.2, -0.15) is 0 Å². The fourth-order valence-corrected chi connectivity index (χ4v) is 1.92. The molecule has 0 fully saturated rings. The summed E-state index contributed by atoms with van der Waals surface area (Å²) >= 11 is 3.33. The van der Waals surface area contributed by atoms with Crippen molar-refractivity contribution in [1.82, 2.24) is 9.97 Å². The van der Waals surface area contributed by atoms with Gasteiger partial charge in [0.05, 0.1) is 11.3 Å². The first-order chi connectivity index (χ1) is 9.88. The Bertz CT molecular complexity index is 731. The molecule has 7 heteroatoms. The van der Waals surface area contributed by atoms with E-state index in [2.05, 4.69) is 31.2 Å². The molecule has 0 radical (unpaired) electrons. The molecule has 0 atom stereocenters. The third kappa shape index (κ3) is 3.43. The van der Waals surface area contributed by atoms with Crippen molar-refractivity contribution in [3.8, 4) is 0 Å². The molecule has 2 rings (SSSR count). The van der Waals surface area contributed by atoms with Gasteiger partial charge in [-0.25, -0.2) is 14.8 Å². The van der Waals surface area contributed by atoms with Gasteiger partial charge < -0.3 is 10.4 Å². The second kappa shape index (κ2) is 6.01. The molecule has 0 aliphatic heterocycles. The van der Waals surface area contributed by atoms with Crippen molar-refractivity contribution >= 4 is 33.6 Å². The third-order valence-corrected chi connectivity index (χ3v) is 3.67. The van der Waals surface area contributed by atoms with Crippen molar-refractivity contribution in [3.63, 3.8) is 0 Å². The Morgan fingerprint density at radius 1 is 1.29 bits per heavy atom. The van der Waals surface area contributed by atoms with Crippen LogP contribution in [0.25, 0.3) is 0 Å². The molecule has 2 aromatic heterocycles. The van der Waals surface area contributed by atoms with Gasteiger partial charge in [0.25, 0.3) is 5.91 Å². The molecule has 2 N–H and O–H groups in total. The smallest absolute Gasteiger partial charge is 0.337 e. The van der Waals surface area contributed by atoms with E-state index >= 15 is 0 Å². The Morgan fingerprint density at radius 3 is 2.57 bits per heavy atom. The van der Waals surface area contributed by atoms with Crippen LogP contribution < -0.4 is 5.32 Å². The number of carbonyl (C=O) groups excluding carboxylic acids is 1. The van der Waals surface area contributed by atoms with E-state index in [1.54, 1.807) is 19.2 Å². The molecule has 0 unspecified atom stereocenters.